The summed E-state index contributed by atoms with van der Waals surface area (Å²) < 4.78 is 1.79. The summed E-state index contributed by atoms with van der Waals surface area (Å²) in [6.45, 7) is 2.22. The van der Waals surface area contributed by atoms with E-state index in [1.54, 1.807) is 9.58 Å². The van der Waals surface area contributed by atoms with Crippen LogP contribution in [0.1, 0.15) is 11.3 Å². The Hall–Kier alpha value is -2.31. The number of rotatable bonds is 5. The molecule has 0 saturated carbocycles. The largest absolute Gasteiger partial charge is 0.330 e. The third-order valence-electron chi connectivity index (χ3n) is 3.11. The molecule has 2 aromatic rings. The number of halogens is 1. The first-order valence-corrected chi connectivity index (χ1v) is 7.53. The highest BCUT2D eigenvalue weighted by molar-refractivity contribution is 9.08. The van der Waals surface area contributed by atoms with E-state index >= 15 is 0 Å². The fourth-order valence-electron chi connectivity index (χ4n) is 2.15. The topological polar surface area (TPSA) is 68.6 Å². The summed E-state index contributed by atoms with van der Waals surface area (Å²) in [7, 11) is 0. The molecule has 106 valence electrons. The number of aromatic nitrogens is 2. The lowest BCUT2D eigenvalue weighted by Crippen LogP contribution is -2.27. The van der Waals surface area contributed by atoms with Crippen LogP contribution in [0.5, 0.6) is 0 Å². The van der Waals surface area contributed by atoms with Crippen molar-refractivity contribution in [3.63, 3.8) is 0 Å². The van der Waals surface area contributed by atoms with Gasteiger partial charge in [0.05, 0.1) is 23.5 Å². The molecule has 0 aliphatic rings. The van der Waals surface area contributed by atoms with Gasteiger partial charge < -0.3 is 4.90 Å². The third-order valence-corrected chi connectivity index (χ3v) is 3.68. The summed E-state index contributed by atoms with van der Waals surface area (Å²) in [5, 5.41) is 23.2. The van der Waals surface area contributed by atoms with Crippen molar-refractivity contribution in [1.29, 1.82) is 10.5 Å². The highest BCUT2D eigenvalue weighted by Crippen LogP contribution is 2.28. The lowest BCUT2D eigenvalue weighted by molar-refractivity contribution is 0.815. The zero-order chi connectivity index (χ0) is 15.2. The van der Waals surface area contributed by atoms with E-state index < -0.39 is 0 Å². The van der Waals surface area contributed by atoms with Crippen LogP contribution in [0.2, 0.25) is 0 Å². The molecule has 0 spiro atoms. The Morgan fingerprint density at radius 1 is 1.19 bits per heavy atom. The molecule has 0 radical (unpaired) electrons. The molecule has 1 aromatic heterocycles. The molecule has 2 rings (SSSR count). The van der Waals surface area contributed by atoms with Crippen LogP contribution < -0.4 is 4.90 Å². The zero-order valence-corrected chi connectivity index (χ0v) is 13.2. The molecular weight excluding hydrogens is 330 g/mol. The molecule has 6 heteroatoms. The molecule has 21 heavy (non-hydrogen) atoms. The van der Waals surface area contributed by atoms with Crippen LogP contribution >= 0.6 is 15.9 Å². The maximum Gasteiger partial charge on any atom is 0.138 e. The van der Waals surface area contributed by atoms with E-state index in [0.717, 1.165) is 22.8 Å². The predicted octanol–water partition coefficient (Wildman–Crippen LogP) is 2.93. The van der Waals surface area contributed by atoms with Crippen molar-refractivity contribution in [1.82, 2.24) is 9.78 Å². The second kappa shape index (κ2) is 6.92. The standard InChI is InChI=1S/C15H14BrN5/c1-12-14(11-16)15(20(9-7-17)10-8-18)21(19-12)13-5-3-2-4-6-13/h2-6H,9-11H2,1H3. The minimum absolute atomic E-state index is 0.144. The minimum Gasteiger partial charge on any atom is -0.330 e. The van der Waals surface area contributed by atoms with Gasteiger partial charge in [0.25, 0.3) is 0 Å². The van der Waals surface area contributed by atoms with Crippen LogP contribution in [-0.4, -0.2) is 22.9 Å². The molecule has 0 saturated heterocycles. The number of nitrogens with zero attached hydrogens (tertiary/aromatic N) is 5. The number of benzene rings is 1. The average Bonchev–Trinajstić information content (AvgIpc) is 2.84. The molecule has 0 N–H and O–H groups in total. The number of nitriles is 2. The normalized spacial score (nSPS) is 9.90. The Balaban J connectivity index is 2.62. The molecule has 0 unspecified atom stereocenters. The average molecular weight is 344 g/mol. The molecule has 5 nitrogen and oxygen atoms in total. The van der Waals surface area contributed by atoms with Crippen molar-refractivity contribution in [2.24, 2.45) is 0 Å². The Morgan fingerprint density at radius 3 is 2.33 bits per heavy atom. The molecule has 1 aromatic carbocycles. The van der Waals surface area contributed by atoms with Crippen molar-refractivity contribution in [2.45, 2.75) is 12.3 Å². The second-order valence-corrected chi connectivity index (χ2v) is 5.00. The predicted molar refractivity (Wildman–Crippen MR) is 84.4 cm³/mol. The van der Waals surface area contributed by atoms with Gasteiger partial charge in [0.1, 0.15) is 18.9 Å². The van der Waals surface area contributed by atoms with Gasteiger partial charge in [0.2, 0.25) is 0 Å². The summed E-state index contributed by atoms with van der Waals surface area (Å²) in [5.41, 5.74) is 2.78. The van der Waals surface area contributed by atoms with E-state index in [-0.39, 0.29) is 13.1 Å². The monoisotopic (exact) mass is 343 g/mol. The van der Waals surface area contributed by atoms with Crippen molar-refractivity contribution in [2.75, 3.05) is 18.0 Å². The van der Waals surface area contributed by atoms with Crippen LogP contribution in [0.3, 0.4) is 0 Å². The van der Waals surface area contributed by atoms with Crippen LogP contribution in [0.25, 0.3) is 5.69 Å². The van der Waals surface area contributed by atoms with E-state index in [0.29, 0.717) is 5.33 Å². The van der Waals surface area contributed by atoms with E-state index in [1.165, 1.54) is 0 Å². The molecular formula is C15H14BrN5. The second-order valence-electron chi connectivity index (χ2n) is 4.44. The first kappa shape index (κ1) is 15.1. The molecule has 0 bridgehead atoms. The fourth-order valence-corrected chi connectivity index (χ4v) is 2.81. The summed E-state index contributed by atoms with van der Waals surface area (Å²) in [5.74, 6) is 0.790. The Bertz CT molecular complexity index is 677. The molecule has 0 atom stereocenters. The molecule has 0 aliphatic heterocycles. The van der Waals surface area contributed by atoms with Crippen molar-refractivity contribution in [3.8, 4) is 17.8 Å². The Morgan fingerprint density at radius 2 is 1.81 bits per heavy atom. The van der Waals surface area contributed by atoms with Gasteiger partial charge in [0, 0.05) is 10.9 Å². The van der Waals surface area contributed by atoms with Gasteiger partial charge in [0.15, 0.2) is 0 Å². The number of alkyl halides is 1. The van der Waals surface area contributed by atoms with Gasteiger partial charge >= 0.3 is 0 Å². The van der Waals surface area contributed by atoms with Gasteiger partial charge in [-0.15, -0.1) is 0 Å². The number of para-hydroxylation sites is 1. The maximum absolute atomic E-state index is 9.01. The van der Waals surface area contributed by atoms with Crippen LogP contribution in [0, 0.1) is 29.6 Å². The van der Waals surface area contributed by atoms with Crippen LogP contribution in [0.4, 0.5) is 5.82 Å². The molecule has 0 fully saturated rings. The van der Waals surface area contributed by atoms with Gasteiger partial charge in [-0.05, 0) is 19.1 Å². The Kier molecular flexibility index (Phi) is 4.97. The molecule has 1 heterocycles. The van der Waals surface area contributed by atoms with E-state index in [4.69, 9.17) is 10.5 Å². The first-order valence-electron chi connectivity index (χ1n) is 6.41. The number of anilines is 1. The Labute approximate surface area is 132 Å². The highest BCUT2D eigenvalue weighted by Gasteiger charge is 2.21. The lowest BCUT2D eigenvalue weighted by atomic mass is 10.2. The van der Waals surface area contributed by atoms with E-state index in [2.05, 4.69) is 33.2 Å². The van der Waals surface area contributed by atoms with Crippen molar-refractivity contribution < 1.29 is 0 Å². The summed E-state index contributed by atoms with van der Waals surface area (Å²) in [4.78, 5) is 1.74. The SMILES string of the molecule is Cc1nn(-c2ccccc2)c(N(CC#N)CC#N)c1CBr. The number of hydrogen-bond donors (Lipinski definition) is 0. The van der Waals surface area contributed by atoms with E-state index in [9.17, 15) is 0 Å². The minimum atomic E-state index is 0.144. The lowest BCUT2D eigenvalue weighted by Gasteiger charge is -2.21. The number of hydrogen-bond acceptors (Lipinski definition) is 4. The van der Waals surface area contributed by atoms with E-state index in [1.807, 2.05) is 37.3 Å². The molecule has 0 aliphatic carbocycles. The molecule has 0 amide bonds. The summed E-state index contributed by atoms with van der Waals surface area (Å²) in [6.07, 6.45) is 0. The van der Waals surface area contributed by atoms with Gasteiger partial charge in [-0.2, -0.15) is 15.6 Å². The fraction of sp³-hybridized carbons (Fsp3) is 0.267. The highest BCUT2D eigenvalue weighted by atomic mass is 79.9. The van der Waals surface area contributed by atoms with Gasteiger partial charge in [-0.25, -0.2) is 4.68 Å². The van der Waals surface area contributed by atoms with Crippen LogP contribution in [-0.2, 0) is 5.33 Å². The summed E-state index contributed by atoms with van der Waals surface area (Å²) in [6, 6.07) is 13.9. The smallest absolute Gasteiger partial charge is 0.138 e. The van der Waals surface area contributed by atoms with Gasteiger partial charge in [-0.1, -0.05) is 34.1 Å². The zero-order valence-electron chi connectivity index (χ0n) is 11.6. The summed E-state index contributed by atoms with van der Waals surface area (Å²) >= 11 is 3.47. The van der Waals surface area contributed by atoms with Crippen molar-refractivity contribution >= 4 is 21.7 Å². The quantitative estimate of drug-likeness (QED) is 0.618. The third kappa shape index (κ3) is 3.07. The van der Waals surface area contributed by atoms with Crippen molar-refractivity contribution in [3.05, 3.63) is 41.6 Å². The maximum atomic E-state index is 9.01. The number of aryl methyl sites for hydroxylation is 1. The first-order chi connectivity index (χ1) is 10.2. The van der Waals surface area contributed by atoms with Gasteiger partial charge in [-0.3, -0.25) is 0 Å². The van der Waals surface area contributed by atoms with Crippen LogP contribution in [0.15, 0.2) is 30.3 Å².